The number of fused-ring (bicyclic) bond motifs is 4. The molecule has 1 saturated heterocycles. The third kappa shape index (κ3) is 5.94. The molecule has 0 bridgehead atoms. The van der Waals surface area contributed by atoms with Crippen molar-refractivity contribution in [2.45, 2.75) is 44.1 Å². The summed E-state index contributed by atoms with van der Waals surface area (Å²) in [7, 11) is 18.9. The average molecular weight is 667 g/mol. The van der Waals surface area contributed by atoms with Crippen LogP contribution in [0.2, 0.25) is 0 Å². The first kappa shape index (κ1) is 33.5. The molecule has 15 heteroatoms. The zero-order chi connectivity index (χ0) is 35.3. The zero-order valence-electron chi connectivity index (χ0n) is 28.9. The van der Waals surface area contributed by atoms with E-state index in [-0.39, 0.29) is 23.9 Å². The topological polar surface area (TPSA) is 138 Å². The maximum atomic E-state index is 12.6. The van der Waals surface area contributed by atoms with Crippen LogP contribution in [0.25, 0.3) is 16.8 Å². The van der Waals surface area contributed by atoms with Crippen LogP contribution in [-0.2, 0) is 10.1 Å². The first-order valence-corrected chi connectivity index (χ1v) is 16.8. The number of benzene rings is 1. The Bertz CT molecular complexity index is 2080. The van der Waals surface area contributed by atoms with Crippen molar-refractivity contribution in [3.8, 4) is 11.1 Å². The van der Waals surface area contributed by atoms with E-state index in [0.29, 0.717) is 48.0 Å². The fraction of sp³-hybridized carbons (Fsp3) is 0.371. The number of hydrogen-bond donors (Lipinski definition) is 3. The Morgan fingerprint density at radius 1 is 1.04 bits per heavy atom. The summed E-state index contributed by atoms with van der Waals surface area (Å²) < 4.78 is 3.86. The summed E-state index contributed by atoms with van der Waals surface area (Å²) in [5.41, 5.74) is 7.36. The minimum Gasteiger partial charge on any atom is -0.364 e. The molecule has 0 spiro atoms. The van der Waals surface area contributed by atoms with Crippen LogP contribution in [0.5, 0.6) is 0 Å². The van der Waals surface area contributed by atoms with Crippen LogP contribution in [0, 0.1) is 12.8 Å². The Morgan fingerprint density at radius 2 is 1.78 bits per heavy atom. The Kier molecular flexibility index (Phi) is 8.73. The largest absolute Gasteiger partial charge is 0.364 e. The van der Waals surface area contributed by atoms with Gasteiger partial charge in [-0.05, 0) is 64.3 Å². The first-order chi connectivity index (χ1) is 24.0. The van der Waals surface area contributed by atoms with Gasteiger partial charge in [-0.3, -0.25) is 14.3 Å². The Labute approximate surface area is 293 Å². The Morgan fingerprint density at radius 3 is 2.50 bits per heavy atom. The van der Waals surface area contributed by atoms with Gasteiger partial charge in [0.2, 0.25) is 5.91 Å². The highest BCUT2D eigenvalue weighted by Crippen LogP contribution is 2.49. The normalized spacial score (nSPS) is 17.3. The van der Waals surface area contributed by atoms with E-state index in [2.05, 4.69) is 60.6 Å². The van der Waals surface area contributed by atoms with Gasteiger partial charge in [-0.2, -0.15) is 14.7 Å². The van der Waals surface area contributed by atoms with Gasteiger partial charge in [-0.25, -0.2) is 9.97 Å². The van der Waals surface area contributed by atoms with Gasteiger partial charge in [-0.15, -0.1) is 0 Å². The molecule has 1 unspecified atom stereocenters. The smallest absolute Gasteiger partial charge is 0.228 e. The summed E-state index contributed by atoms with van der Waals surface area (Å²) in [6, 6.07) is 15.1. The van der Waals surface area contributed by atoms with Crippen molar-refractivity contribution in [2.75, 3.05) is 49.8 Å². The minimum atomic E-state index is -1.32. The fourth-order valence-corrected chi connectivity index (χ4v) is 6.67. The molecular formula is C35H39B2N11O2. The highest BCUT2D eigenvalue weighted by atomic mass is 16.2. The second-order valence-electron chi connectivity index (χ2n) is 13.3. The molecule has 3 N–H and O–H groups in total. The van der Waals surface area contributed by atoms with E-state index < -0.39 is 5.34 Å². The van der Waals surface area contributed by atoms with Gasteiger partial charge in [-0.1, -0.05) is 18.2 Å². The fourth-order valence-electron chi connectivity index (χ4n) is 6.67. The molecule has 1 atom stereocenters. The SMILES string of the molecule is CNC.[B]C([B])(c1cccc(C=O)n1)N1CC(n2ncc3c2C(C)N(C)c2c(Nc4cc(NC(=O)C5CC5)nc5cc(C)nn45)cccc2-3)C1. The first-order valence-electron chi connectivity index (χ1n) is 16.8. The molecule has 3 aliphatic rings. The van der Waals surface area contributed by atoms with Gasteiger partial charge in [0.15, 0.2) is 11.9 Å². The number of aldehydes is 1. The molecule has 1 amide bonds. The molecule has 4 radical (unpaired) electrons. The predicted octanol–water partition coefficient (Wildman–Crippen LogP) is 3.55. The number of carbonyl (C=O) groups excluding carboxylic acids is 2. The quantitative estimate of drug-likeness (QED) is 0.167. The van der Waals surface area contributed by atoms with E-state index in [1.54, 1.807) is 22.7 Å². The number of nitrogens with zero attached hydrogens (tertiary/aromatic N) is 8. The number of anilines is 4. The van der Waals surface area contributed by atoms with E-state index >= 15 is 0 Å². The number of pyridine rings is 1. The highest BCUT2D eigenvalue weighted by Gasteiger charge is 2.42. The summed E-state index contributed by atoms with van der Waals surface area (Å²) >= 11 is 0. The molecule has 252 valence electrons. The zero-order valence-corrected chi connectivity index (χ0v) is 28.9. The molecule has 5 aromatic rings. The number of amides is 1. The Hall–Kier alpha value is -5.01. The van der Waals surface area contributed by atoms with Crippen LogP contribution >= 0.6 is 0 Å². The van der Waals surface area contributed by atoms with Gasteiger partial charge in [0.25, 0.3) is 0 Å². The third-order valence-electron chi connectivity index (χ3n) is 9.53. The van der Waals surface area contributed by atoms with Crippen LogP contribution in [0.1, 0.15) is 59.4 Å². The van der Waals surface area contributed by atoms with E-state index in [4.69, 9.17) is 20.8 Å². The maximum Gasteiger partial charge on any atom is 0.228 e. The van der Waals surface area contributed by atoms with Crippen molar-refractivity contribution in [1.29, 1.82) is 0 Å². The van der Waals surface area contributed by atoms with Crippen LogP contribution in [0.4, 0.5) is 23.0 Å². The minimum absolute atomic E-state index is 0.00111. The van der Waals surface area contributed by atoms with E-state index in [1.807, 2.05) is 56.4 Å². The molecule has 1 aliphatic carbocycles. The average Bonchev–Trinajstić information content (AvgIpc) is 3.73. The molecule has 13 nitrogen and oxygen atoms in total. The molecule has 4 aromatic heterocycles. The maximum absolute atomic E-state index is 12.6. The van der Waals surface area contributed by atoms with Gasteiger partial charge in [0.05, 0.1) is 56.7 Å². The number of hydrogen-bond acceptors (Lipinski definition) is 10. The van der Waals surface area contributed by atoms with Crippen LogP contribution < -0.4 is 20.9 Å². The molecule has 50 heavy (non-hydrogen) atoms. The van der Waals surface area contributed by atoms with Gasteiger partial charge >= 0.3 is 0 Å². The van der Waals surface area contributed by atoms with Gasteiger partial charge < -0.3 is 25.8 Å². The van der Waals surface area contributed by atoms with Crippen LogP contribution in [-0.4, -0.2) is 96.4 Å². The van der Waals surface area contributed by atoms with Crippen LogP contribution in [0.3, 0.4) is 0 Å². The van der Waals surface area contributed by atoms with Crippen molar-refractivity contribution in [3.05, 3.63) is 77.5 Å². The lowest BCUT2D eigenvalue weighted by molar-refractivity contribution is -0.117. The van der Waals surface area contributed by atoms with Crippen molar-refractivity contribution < 1.29 is 9.59 Å². The second kappa shape index (κ2) is 13.0. The van der Waals surface area contributed by atoms with Crippen molar-refractivity contribution >= 4 is 56.5 Å². The van der Waals surface area contributed by atoms with Crippen molar-refractivity contribution in [1.82, 2.24) is 39.6 Å². The summed E-state index contributed by atoms with van der Waals surface area (Å²) in [6.07, 6.45) is 4.45. The summed E-state index contributed by atoms with van der Waals surface area (Å²) in [5.74, 6) is 1.25. The third-order valence-corrected chi connectivity index (χ3v) is 9.53. The molecular weight excluding hydrogens is 628 g/mol. The molecule has 2 fully saturated rings. The summed E-state index contributed by atoms with van der Waals surface area (Å²) in [4.78, 5) is 37.0. The number of carbonyl (C=O) groups is 2. The molecule has 8 rings (SSSR count). The Balaban J connectivity index is 0.00000126. The van der Waals surface area contributed by atoms with Gasteiger partial charge in [0.1, 0.15) is 17.3 Å². The lowest BCUT2D eigenvalue weighted by Crippen LogP contribution is -2.60. The van der Waals surface area contributed by atoms with Gasteiger partial charge in [0, 0.05) is 55.0 Å². The molecule has 1 aromatic carbocycles. The molecule has 2 aliphatic heterocycles. The predicted molar refractivity (Wildman–Crippen MR) is 195 cm³/mol. The molecule has 6 heterocycles. The molecule has 1 saturated carbocycles. The van der Waals surface area contributed by atoms with E-state index in [9.17, 15) is 9.59 Å². The van der Waals surface area contributed by atoms with Crippen LogP contribution in [0.15, 0.2) is 54.7 Å². The summed E-state index contributed by atoms with van der Waals surface area (Å²) in [5, 5.41) is 17.6. The standard InChI is InChI=1S/C33H32B2N10O2.C2H7N/c1-18-12-28-39-27(40-32(47)20-10-11-20)13-29(45(28)41-18)38-25-8-5-7-23-24-14-36-44(30(24)19(2)42(3)31(23)25)22-15-43(16-22)33(34,35)26-9-4-6-21(17-46)37-26;1-3-2/h4-9,12-14,17,19-20,22,38H,10-11,15-16H2,1-3H3,(H,39,40,47);3H,1-2H3. The highest BCUT2D eigenvalue weighted by molar-refractivity contribution is 6.39. The number of rotatable bonds is 8. The number of aryl methyl sites for hydroxylation is 1. The van der Waals surface area contributed by atoms with E-state index in [1.165, 1.54) is 0 Å². The number of likely N-dealkylation sites (tertiary alicyclic amines) is 1. The second-order valence-corrected chi connectivity index (χ2v) is 13.3. The van der Waals surface area contributed by atoms with E-state index in [0.717, 1.165) is 46.7 Å². The monoisotopic (exact) mass is 667 g/mol. The number of para-hydroxylation sites is 1. The lowest BCUT2D eigenvalue weighted by Gasteiger charge is -2.50. The van der Waals surface area contributed by atoms with Crippen molar-refractivity contribution in [3.63, 3.8) is 0 Å². The number of nitrogens with one attached hydrogen (secondary N) is 3. The summed E-state index contributed by atoms with van der Waals surface area (Å²) in [6.45, 7) is 5.26. The lowest BCUT2D eigenvalue weighted by atomic mass is 9.57. The van der Waals surface area contributed by atoms with Crippen molar-refractivity contribution in [2.24, 2.45) is 5.92 Å². The number of aromatic nitrogens is 6.